The highest BCUT2D eigenvalue weighted by Crippen LogP contribution is 2.31. The van der Waals surface area contributed by atoms with E-state index in [0.29, 0.717) is 11.3 Å². The molecule has 0 atom stereocenters. The van der Waals surface area contributed by atoms with Crippen molar-refractivity contribution in [3.8, 4) is 0 Å². The van der Waals surface area contributed by atoms with Crippen LogP contribution in [0.4, 0.5) is 5.69 Å². The Balaban J connectivity index is 2.29. The fourth-order valence-electron chi connectivity index (χ4n) is 1.34. The number of nitrogens with two attached hydrogens (primary N) is 2. The van der Waals surface area contributed by atoms with Crippen molar-refractivity contribution in [1.82, 2.24) is 9.55 Å². The maximum atomic E-state index is 11.0. The first kappa shape index (κ1) is 11.5. The van der Waals surface area contributed by atoms with Crippen LogP contribution in [0.3, 0.4) is 0 Å². The Kier molecular flexibility index (Phi) is 3.06. The highest BCUT2D eigenvalue weighted by molar-refractivity contribution is 7.99. The number of carbonyl (C=O) groups excluding carboxylic acids is 1. The van der Waals surface area contributed by atoms with Crippen molar-refractivity contribution >= 4 is 23.4 Å². The third-order valence-electron chi connectivity index (χ3n) is 2.27. The minimum Gasteiger partial charge on any atom is -0.398 e. The molecule has 0 bridgehead atoms. The van der Waals surface area contributed by atoms with Gasteiger partial charge in [-0.1, -0.05) is 0 Å². The Morgan fingerprint density at radius 3 is 2.76 bits per heavy atom. The molecular formula is C11H12N4OS. The van der Waals surface area contributed by atoms with Crippen molar-refractivity contribution in [2.24, 2.45) is 12.8 Å². The second-order valence-electron chi connectivity index (χ2n) is 3.54. The number of hydrogen-bond acceptors (Lipinski definition) is 4. The predicted molar refractivity (Wildman–Crippen MR) is 66.7 cm³/mol. The summed E-state index contributed by atoms with van der Waals surface area (Å²) in [5.74, 6) is -0.481. The third kappa shape index (κ3) is 2.42. The van der Waals surface area contributed by atoms with Gasteiger partial charge in [-0.25, -0.2) is 4.98 Å². The smallest absolute Gasteiger partial charge is 0.248 e. The zero-order chi connectivity index (χ0) is 12.4. The molecule has 1 aromatic carbocycles. The Morgan fingerprint density at radius 2 is 2.24 bits per heavy atom. The molecule has 0 aliphatic heterocycles. The van der Waals surface area contributed by atoms with E-state index in [0.717, 1.165) is 10.1 Å². The number of hydrogen-bond donors (Lipinski definition) is 2. The lowest BCUT2D eigenvalue weighted by Gasteiger charge is -2.06. The van der Waals surface area contributed by atoms with Gasteiger partial charge in [-0.05, 0) is 30.0 Å². The number of amides is 1. The number of nitrogen functional groups attached to an aromatic ring is 1. The largest absolute Gasteiger partial charge is 0.398 e. The van der Waals surface area contributed by atoms with Crippen LogP contribution >= 0.6 is 11.8 Å². The number of aromatic nitrogens is 2. The van der Waals surface area contributed by atoms with Gasteiger partial charge in [0, 0.05) is 35.6 Å². The Bertz CT molecular complexity index is 564. The number of aryl methyl sites for hydroxylation is 1. The maximum absolute atomic E-state index is 11.0. The number of nitrogens with zero attached hydrogens (tertiary/aromatic N) is 2. The SMILES string of the molecule is Cn1ccnc1Sc1ccc(C(N)=O)cc1N. The molecule has 4 N–H and O–H groups in total. The van der Waals surface area contributed by atoms with Crippen LogP contribution in [-0.2, 0) is 7.05 Å². The van der Waals surface area contributed by atoms with Crippen LogP contribution in [0.2, 0.25) is 0 Å². The van der Waals surface area contributed by atoms with Crippen molar-refractivity contribution in [2.45, 2.75) is 10.1 Å². The lowest BCUT2D eigenvalue weighted by atomic mass is 10.2. The molecule has 0 saturated carbocycles. The van der Waals surface area contributed by atoms with Gasteiger partial charge in [-0.3, -0.25) is 4.79 Å². The van der Waals surface area contributed by atoms with Gasteiger partial charge in [-0.2, -0.15) is 0 Å². The first-order valence-corrected chi connectivity index (χ1v) is 5.74. The second kappa shape index (κ2) is 4.50. The molecule has 0 saturated heterocycles. The number of rotatable bonds is 3. The lowest BCUT2D eigenvalue weighted by molar-refractivity contribution is 0.100. The average Bonchev–Trinajstić information content (AvgIpc) is 2.67. The van der Waals surface area contributed by atoms with E-state index in [2.05, 4.69) is 4.98 Å². The Labute approximate surface area is 103 Å². The summed E-state index contributed by atoms with van der Waals surface area (Å²) in [4.78, 5) is 16.0. The fraction of sp³-hybridized carbons (Fsp3) is 0.0909. The van der Waals surface area contributed by atoms with E-state index >= 15 is 0 Å². The zero-order valence-electron chi connectivity index (χ0n) is 9.25. The molecule has 2 aromatic rings. The molecule has 0 fully saturated rings. The molecule has 17 heavy (non-hydrogen) atoms. The first-order chi connectivity index (χ1) is 8.08. The lowest BCUT2D eigenvalue weighted by Crippen LogP contribution is -2.11. The number of benzene rings is 1. The fourth-order valence-corrected chi connectivity index (χ4v) is 2.17. The molecule has 1 amide bonds. The summed E-state index contributed by atoms with van der Waals surface area (Å²) in [6, 6.07) is 5.01. The average molecular weight is 248 g/mol. The van der Waals surface area contributed by atoms with E-state index in [9.17, 15) is 4.79 Å². The molecule has 0 aliphatic carbocycles. The van der Waals surface area contributed by atoms with Crippen molar-refractivity contribution in [1.29, 1.82) is 0 Å². The van der Waals surface area contributed by atoms with Crippen molar-refractivity contribution in [3.05, 3.63) is 36.2 Å². The van der Waals surface area contributed by atoms with Gasteiger partial charge in [-0.15, -0.1) is 0 Å². The summed E-state index contributed by atoms with van der Waals surface area (Å²) >= 11 is 1.44. The molecule has 0 radical (unpaired) electrons. The second-order valence-corrected chi connectivity index (χ2v) is 4.55. The monoisotopic (exact) mass is 248 g/mol. The highest BCUT2D eigenvalue weighted by atomic mass is 32.2. The molecular weight excluding hydrogens is 236 g/mol. The van der Waals surface area contributed by atoms with Gasteiger partial charge in [0.05, 0.1) is 0 Å². The molecule has 6 heteroatoms. The quantitative estimate of drug-likeness (QED) is 0.800. The van der Waals surface area contributed by atoms with Crippen LogP contribution in [-0.4, -0.2) is 15.5 Å². The summed E-state index contributed by atoms with van der Waals surface area (Å²) < 4.78 is 1.89. The topological polar surface area (TPSA) is 86.9 Å². The van der Waals surface area contributed by atoms with Crippen LogP contribution in [0, 0.1) is 0 Å². The summed E-state index contributed by atoms with van der Waals surface area (Å²) in [5.41, 5.74) is 12.0. The summed E-state index contributed by atoms with van der Waals surface area (Å²) in [6.45, 7) is 0. The first-order valence-electron chi connectivity index (χ1n) is 4.92. The van der Waals surface area contributed by atoms with Crippen LogP contribution in [0.5, 0.6) is 0 Å². The van der Waals surface area contributed by atoms with E-state index in [1.165, 1.54) is 11.8 Å². The minimum atomic E-state index is -0.481. The standard InChI is InChI=1S/C11H12N4OS/c1-15-5-4-14-11(15)17-9-3-2-7(10(13)16)6-8(9)12/h2-6H,12H2,1H3,(H2,13,16). The summed E-state index contributed by atoms with van der Waals surface area (Å²) in [5, 5.41) is 0.837. The van der Waals surface area contributed by atoms with Crippen molar-refractivity contribution in [2.75, 3.05) is 5.73 Å². The van der Waals surface area contributed by atoms with Crippen LogP contribution in [0.1, 0.15) is 10.4 Å². The molecule has 0 aliphatic rings. The van der Waals surface area contributed by atoms with Gasteiger partial charge in [0.1, 0.15) is 0 Å². The predicted octanol–water partition coefficient (Wildman–Crippen LogP) is 1.25. The van der Waals surface area contributed by atoms with Gasteiger partial charge in [0.25, 0.3) is 0 Å². The number of imidazole rings is 1. The van der Waals surface area contributed by atoms with Gasteiger partial charge >= 0.3 is 0 Å². The van der Waals surface area contributed by atoms with Crippen LogP contribution in [0.25, 0.3) is 0 Å². The highest BCUT2D eigenvalue weighted by Gasteiger charge is 2.08. The minimum absolute atomic E-state index is 0.409. The number of primary amides is 1. The molecule has 0 unspecified atom stereocenters. The summed E-state index contributed by atoms with van der Waals surface area (Å²) in [6.07, 6.45) is 3.58. The zero-order valence-corrected chi connectivity index (χ0v) is 10.1. The van der Waals surface area contributed by atoms with Crippen molar-refractivity contribution < 1.29 is 4.79 Å². The van der Waals surface area contributed by atoms with E-state index in [1.54, 1.807) is 24.4 Å². The van der Waals surface area contributed by atoms with E-state index in [1.807, 2.05) is 17.8 Å². The molecule has 2 rings (SSSR count). The van der Waals surface area contributed by atoms with E-state index in [-0.39, 0.29) is 0 Å². The van der Waals surface area contributed by atoms with Crippen LogP contribution < -0.4 is 11.5 Å². The maximum Gasteiger partial charge on any atom is 0.248 e. The Hall–Kier alpha value is -1.95. The summed E-state index contributed by atoms with van der Waals surface area (Å²) in [7, 11) is 1.91. The molecule has 5 nitrogen and oxygen atoms in total. The van der Waals surface area contributed by atoms with Gasteiger partial charge < -0.3 is 16.0 Å². The normalized spacial score (nSPS) is 10.4. The number of anilines is 1. The van der Waals surface area contributed by atoms with E-state index < -0.39 is 5.91 Å². The molecule has 1 aromatic heterocycles. The molecule has 88 valence electrons. The Morgan fingerprint density at radius 1 is 1.47 bits per heavy atom. The van der Waals surface area contributed by atoms with E-state index in [4.69, 9.17) is 11.5 Å². The molecule has 1 heterocycles. The number of carbonyl (C=O) groups is 1. The van der Waals surface area contributed by atoms with Gasteiger partial charge in [0.15, 0.2) is 5.16 Å². The van der Waals surface area contributed by atoms with Crippen molar-refractivity contribution in [3.63, 3.8) is 0 Å². The molecule has 0 spiro atoms. The van der Waals surface area contributed by atoms with Gasteiger partial charge in [0.2, 0.25) is 5.91 Å². The third-order valence-corrected chi connectivity index (χ3v) is 3.44. The van der Waals surface area contributed by atoms with Crippen LogP contribution in [0.15, 0.2) is 40.6 Å².